The van der Waals surface area contributed by atoms with Crippen molar-refractivity contribution >= 4 is 10.9 Å². The highest BCUT2D eigenvalue weighted by atomic mass is 16.2. The van der Waals surface area contributed by atoms with Gasteiger partial charge in [-0.15, -0.1) is 0 Å². The summed E-state index contributed by atoms with van der Waals surface area (Å²) < 4.78 is 2.84. The number of hydrogen-bond acceptors (Lipinski definition) is 3. The van der Waals surface area contributed by atoms with Gasteiger partial charge < -0.3 is 5.32 Å². The Hall–Kier alpha value is -1.88. The third-order valence-electron chi connectivity index (χ3n) is 3.52. The van der Waals surface area contributed by atoms with E-state index in [0.717, 1.165) is 5.56 Å². The van der Waals surface area contributed by atoms with E-state index in [1.165, 1.54) is 4.57 Å². The van der Waals surface area contributed by atoms with E-state index in [9.17, 15) is 9.59 Å². The van der Waals surface area contributed by atoms with Gasteiger partial charge in [-0.25, -0.2) is 4.79 Å². The minimum atomic E-state index is -0.270. The first-order valence-corrected chi connectivity index (χ1v) is 6.33. The highest BCUT2D eigenvalue weighted by Gasteiger charge is 2.13. The molecule has 1 aromatic heterocycles. The topological polar surface area (TPSA) is 56.0 Å². The molecular formula is C14H19N3O2. The average molecular weight is 261 g/mol. The second-order valence-corrected chi connectivity index (χ2v) is 4.92. The number of benzene rings is 1. The summed E-state index contributed by atoms with van der Waals surface area (Å²) >= 11 is 0. The maximum absolute atomic E-state index is 12.4. The second-order valence-electron chi connectivity index (χ2n) is 4.92. The predicted molar refractivity (Wildman–Crippen MR) is 76.7 cm³/mol. The fourth-order valence-electron chi connectivity index (χ4n) is 2.31. The summed E-state index contributed by atoms with van der Waals surface area (Å²) in [4.78, 5) is 24.7. The molecule has 0 saturated carbocycles. The van der Waals surface area contributed by atoms with Gasteiger partial charge in [0, 0.05) is 19.6 Å². The highest BCUT2D eigenvalue weighted by Crippen LogP contribution is 2.12. The molecule has 102 valence electrons. The molecule has 0 radical (unpaired) electrons. The smallest absolute Gasteiger partial charge is 0.315 e. The number of fused-ring (bicyclic) bond motifs is 1. The third-order valence-corrected chi connectivity index (χ3v) is 3.52. The van der Waals surface area contributed by atoms with Gasteiger partial charge in [-0.05, 0) is 32.5 Å². The first kappa shape index (κ1) is 13.5. The van der Waals surface area contributed by atoms with Gasteiger partial charge in [0.05, 0.1) is 10.9 Å². The van der Waals surface area contributed by atoms with E-state index < -0.39 is 0 Å². The number of para-hydroxylation sites is 1. The zero-order valence-corrected chi connectivity index (χ0v) is 11.7. The van der Waals surface area contributed by atoms with Crippen molar-refractivity contribution in [1.29, 1.82) is 0 Å². The van der Waals surface area contributed by atoms with Crippen molar-refractivity contribution in [2.75, 3.05) is 7.05 Å². The predicted octanol–water partition coefficient (Wildman–Crippen LogP) is 0.617. The minimum Gasteiger partial charge on any atom is -0.315 e. The molecule has 0 fully saturated rings. The SMILES string of the molecule is CNC(C)Cn1c(=O)c2cccc(C)c2n(C)c1=O. The number of likely N-dealkylation sites (N-methyl/N-ethyl adjacent to an activating group) is 1. The summed E-state index contributed by atoms with van der Waals surface area (Å²) in [6.45, 7) is 4.21. The normalized spacial score (nSPS) is 12.8. The molecule has 1 unspecified atom stereocenters. The van der Waals surface area contributed by atoms with Crippen molar-refractivity contribution in [2.24, 2.45) is 7.05 Å². The zero-order valence-electron chi connectivity index (χ0n) is 11.7. The minimum absolute atomic E-state index is 0.0626. The Bertz CT molecular complexity index is 728. The van der Waals surface area contributed by atoms with Crippen LogP contribution in [0.25, 0.3) is 10.9 Å². The molecule has 2 rings (SSSR count). The molecule has 0 aliphatic rings. The molecule has 5 nitrogen and oxygen atoms in total. The molecule has 0 aliphatic carbocycles. The molecule has 0 amide bonds. The van der Waals surface area contributed by atoms with Crippen molar-refractivity contribution < 1.29 is 0 Å². The van der Waals surface area contributed by atoms with E-state index >= 15 is 0 Å². The summed E-state index contributed by atoms with van der Waals surface area (Å²) in [6.07, 6.45) is 0. The summed E-state index contributed by atoms with van der Waals surface area (Å²) in [5, 5.41) is 3.63. The van der Waals surface area contributed by atoms with E-state index in [1.807, 2.05) is 33.0 Å². The van der Waals surface area contributed by atoms with Gasteiger partial charge >= 0.3 is 5.69 Å². The largest absolute Gasteiger partial charge is 0.331 e. The van der Waals surface area contributed by atoms with Crippen LogP contribution in [0.5, 0.6) is 0 Å². The fourth-order valence-corrected chi connectivity index (χ4v) is 2.31. The van der Waals surface area contributed by atoms with Crippen molar-refractivity contribution in [3.05, 3.63) is 44.6 Å². The summed E-state index contributed by atoms with van der Waals surface area (Å²) in [7, 11) is 3.52. The lowest BCUT2D eigenvalue weighted by molar-refractivity contribution is 0.483. The monoisotopic (exact) mass is 261 g/mol. The van der Waals surface area contributed by atoms with Gasteiger partial charge in [-0.3, -0.25) is 13.9 Å². The zero-order chi connectivity index (χ0) is 14.2. The van der Waals surface area contributed by atoms with E-state index in [-0.39, 0.29) is 17.3 Å². The molecule has 1 aromatic carbocycles. The molecule has 0 spiro atoms. The van der Waals surface area contributed by atoms with Crippen LogP contribution in [0.15, 0.2) is 27.8 Å². The van der Waals surface area contributed by atoms with Crippen LogP contribution in [0, 0.1) is 6.92 Å². The third kappa shape index (κ3) is 2.21. The molecule has 1 atom stereocenters. The van der Waals surface area contributed by atoms with Gasteiger partial charge in [-0.1, -0.05) is 12.1 Å². The fraction of sp³-hybridized carbons (Fsp3) is 0.429. The summed E-state index contributed by atoms with van der Waals surface area (Å²) in [5.74, 6) is 0. The lowest BCUT2D eigenvalue weighted by Gasteiger charge is -2.15. The number of rotatable bonds is 3. The van der Waals surface area contributed by atoms with Crippen LogP contribution in [-0.4, -0.2) is 22.2 Å². The van der Waals surface area contributed by atoms with E-state index in [4.69, 9.17) is 0 Å². The number of aryl methyl sites for hydroxylation is 2. The standard InChI is InChI=1S/C14H19N3O2/c1-9-6-5-7-11-12(9)16(4)14(19)17(13(11)18)8-10(2)15-3/h5-7,10,15H,8H2,1-4H3. The van der Waals surface area contributed by atoms with E-state index in [2.05, 4.69) is 5.32 Å². The Morgan fingerprint density at radius 1 is 1.32 bits per heavy atom. The second kappa shape index (κ2) is 5.01. The molecule has 2 aromatic rings. The van der Waals surface area contributed by atoms with Crippen molar-refractivity contribution in [3.63, 3.8) is 0 Å². The molecule has 0 bridgehead atoms. The number of nitrogens with zero attached hydrogens (tertiary/aromatic N) is 2. The van der Waals surface area contributed by atoms with Gasteiger partial charge in [0.1, 0.15) is 0 Å². The van der Waals surface area contributed by atoms with Gasteiger partial charge in [-0.2, -0.15) is 0 Å². The summed E-state index contributed by atoms with van der Waals surface area (Å²) in [5.41, 5.74) is 1.16. The molecule has 0 aliphatic heterocycles. The first-order valence-electron chi connectivity index (χ1n) is 6.33. The Balaban J connectivity index is 2.82. The Labute approximate surface area is 111 Å². The molecule has 0 saturated heterocycles. The first-order chi connectivity index (χ1) is 8.97. The highest BCUT2D eigenvalue weighted by molar-refractivity contribution is 5.81. The van der Waals surface area contributed by atoms with Crippen molar-refractivity contribution in [2.45, 2.75) is 26.4 Å². The molecular weight excluding hydrogens is 242 g/mol. The quantitative estimate of drug-likeness (QED) is 0.881. The number of nitrogens with one attached hydrogen (secondary N) is 1. The van der Waals surface area contributed by atoms with Crippen LogP contribution in [0.4, 0.5) is 0 Å². The Morgan fingerprint density at radius 2 is 2.00 bits per heavy atom. The molecule has 19 heavy (non-hydrogen) atoms. The molecule has 1 heterocycles. The maximum Gasteiger partial charge on any atom is 0.331 e. The number of hydrogen-bond donors (Lipinski definition) is 1. The van der Waals surface area contributed by atoms with Crippen LogP contribution in [0.2, 0.25) is 0 Å². The van der Waals surface area contributed by atoms with Gasteiger partial charge in [0.15, 0.2) is 0 Å². The molecule has 1 N–H and O–H groups in total. The maximum atomic E-state index is 12.4. The van der Waals surface area contributed by atoms with Crippen molar-refractivity contribution in [1.82, 2.24) is 14.5 Å². The van der Waals surface area contributed by atoms with Crippen LogP contribution in [-0.2, 0) is 13.6 Å². The lowest BCUT2D eigenvalue weighted by Crippen LogP contribution is -2.43. The Kier molecular flexibility index (Phi) is 3.57. The number of aromatic nitrogens is 2. The summed E-state index contributed by atoms with van der Waals surface area (Å²) in [6, 6.07) is 5.58. The van der Waals surface area contributed by atoms with Gasteiger partial charge in [0.2, 0.25) is 0 Å². The van der Waals surface area contributed by atoms with Crippen LogP contribution >= 0.6 is 0 Å². The van der Waals surface area contributed by atoms with Crippen LogP contribution < -0.4 is 16.6 Å². The molecule has 5 heteroatoms. The van der Waals surface area contributed by atoms with Crippen LogP contribution in [0.1, 0.15) is 12.5 Å². The Morgan fingerprint density at radius 3 is 2.63 bits per heavy atom. The lowest BCUT2D eigenvalue weighted by atomic mass is 10.1. The average Bonchev–Trinajstić information content (AvgIpc) is 2.40. The van der Waals surface area contributed by atoms with E-state index in [1.54, 1.807) is 17.7 Å². The van der Waals surface area contributed by atoms with Crippen LogP contribution in [0.3, 0.4) is 0 Å². The van der Waals surface area contributed by atoms with Gasteiger partial charge in [0.25, 0.3) is 5.56 Å². The van der Waals surface area contributed by atoms with Crippen molar-refractivity contribution in [3.8, 4) is 0 Å². The van der Waals surface area contributed by atoms with E-state index in [0.29, 0.717) is 17.4 Å².